The molecule has 1 aromatic carbocycles. The third kappa shape index (κ3) is 4.14. The lowest BCUT2D eigenvalue weighted by molar-refractivity contribution is -0.117. The Labute approximate surface area is 158 Å². The highest BCUT2D eigenvalue weighted by Gasteiger charge is 2.33. The van der Waals surface area contributed by atoms with E-state index in [2.05, 4.69) is 27.4 Å². The summed E-state index contributed by atoms with van der Waals surface area (Å²) in [7, 11) is 1.66. The van der Waals surface area contributed by atoms with Crippen molar-refractivity contribution in [3.05, 3.63) is 42.2 Å². The first kappa shape index (κ1) is 18.0. The number of aliphatic hydroxyl groups excluding tert-OH is 1. The quantitative estimate of drug-likeness (QED) is 0.780. The fourth-order valence-electron chi connectivity index (χ4n) is 3.69. The topological polar surface area (TPSA) is 79.6 Å². The minimum Gasteiger partial charge on any atom is -0.497 e. The summed E-state index contributed by atoms with van der Waals surface area (Å²) in [5, 5.41) is 17.2. The Morgan fingerprint density at radius 2 is 2.11 bits per heavy atom. The van der Waals surface area contributed by atoms with Crippen LogP contribution in [0.15, 0.2) is 36.7 Å². The molecule has 1 saturated carbocycles. The summed E-state index contributed by atoms with van der Waals surface area (Å²) < 4.78 is 7.13. The van der Waals surface area contributed by atoms with Crippen LogP contribution in [0.5, 0.6) is 5.75 Å². The van der Waals surface area contributed by atoms with E-state index in [4.69, 9.17) is 4.74 Å². The van der Waals surface area contributed by atoms with Gasteiger partial charge in [-0.2, -0.15) is 5.10 Å². The number of hydrogen-bond donors (Lipinski definition) is 2. The van der Waals surface area contributed by atoms with Gasteiger partial charge in [0, 0.05) is 31.2 Å². The van der Waals surface area contributed by atoms with Crippen molar-refractivity contribution in [3.63, 3.8) is 0 Å². The number of aromatic nitrogens is 2. The molecule has 1 aliphatic heterocycles. The highest BCUT2D eigenvalue weighted by atomic mass is 16.5. The molecule has 2 N–H and O–H groups in total. The largest absolute Gasteiger partial charge is 0.497 e. The summed E-state index contributed by atoms with van der Waals surface area (Å²) in [6.45, 7) is 1.71. The zero-order valence-corrected chi connectivity index (χ0v) is 15.5. The van der Waals surface area contributed by atoms with Crippen LogP contribution in [0, 0.1) is 5.92 Å². The van der Waals surface area contributed by atoms with Crippen molar-refractivity contribution >= 4 is 11.6 Å². The predicted molar refractivity (Wildman–Crippen MR) is 102 cm³/mol. The van der Waals surface area contributed by atoms with Gasteiger partial charge >= 0.3 is 0 Å². The summed E-state index contributed by atoms with van der Waals surface area (Å²) >= 11 is 0. The zero-order valence-electron chi connectivity index (χ0n) is 15.5. The van der Waals surface area contributed by atoms with Crippen molar-refractivity contribution < 1.29 is 14.6 Å². The Morgan fingerprint density at radius 1 is 1.33 bits per heavy atom. The molecule has 2 aliphatic rings. The predicted octanol–water partition coefficient (Wildman–Crippen LogP) is 2.05. The maximum absolute atomic E-state index is 11.9. The van der Waals surface area contributed by atoms with Crippen LogP contribution in [-0.4, -0.2) is 52.0 Å². The average molecular weight is 370 g/mol. The van der Waals surface area contributed by atoms with Crippen LogP contribution in [0.4, 0.5) is 5.69 Å². The number of carbonyl (C=O) groups excluding carboxylic acids is 1. The van der Waals surface area contributed by atoms with Gasteiger partial charge in [0.2, 0.25) is 5.91 Å². The summed E-state index contributed by atoms with van der Waals surface area (Å²) in [5.41, 5.74) is 1.94. The number of benzene rings is 1. The van der Waals surface area contributed by atoms with Gasteiger partial charge in [-0.1, -0.05) is 12.1 Å². The molecule has 27 heavy (non-hydrogen) atoms. The molecule has 1 saturated heterocycles. The second-order valence-corrected chi connectivity index (χ2v) is 7.48. The second kappa shape index (κ2) is 7.70. The summed E-state index contributed by atoms with van der Waals surface area (Å²) in [6, 6.07) is 8.32. The van der Waals surface area contributed by atoms with E-state index in [1.54, 1.807) is 13.3 Å². The SMILES string of the molecule is COc1ccc(CN2C[C@@H](n3cc(NC(=O)C4CC4)cn3)C[C@H]2CO)cc1. The van der Waals surface area contributed by atoms with Gasteiger partial charge in [-0.05, 0) is 37.0 Å². The van der Waals surface area contributed by atoms with Gasteiger partial charge < -0.3 is 15.2 Å². The number of methoxy groups -OCH3 is 1. The minimum atomic E-state index is 0.0929. The Hall–Kier alpha value is -2.38. The third-order valence-corrected chi connectivity index (χ3v) is 5.45. The van der Waals surface area contributed by atoms with Gasteiger partial charge in [0.05, 0.1) is 31.6 Å². The van der Waals surface area contributed by atoms with E-state index in [9.17, 15) is 9.90 Å². The number of carbonyl (C=O) groups is 1. The number of ether oxygens (including phenoxy) is 1. The summed E-state index contributed by atoms with van der Waals surface area (Å²) in [4.78, 5) is 14.2. The van der Waals surface area contributed by atoms with E-state index in [-0.39, 0.29) is 30.5 Å². The number of anilines is 1. The molecule has 1 aliphatic carbocycles. The first-order chi connectivity index (χ1) is 13.2. The number of hydrogen-bond acceptors (Lipinski definition) is 5. The molecule has 2 atom stereocenters. The molecule has 2 heterocycles. The van der Waals surface area contributed by atoms with Crippen LogP contribution in [0.3, 0.4) is 0 Å². The first-order valence-corrected chi connectivity index (χ1v) is 9.49. The van der Waals surface area contributed by atoms with Crippen molar-refractivity contribution in [2.45, 2.75) is 37.9 Å². The molecule has 1 amide bonds. The van der Waals surface area contributed by atoms with Crippen LogP contribution in [0.2, 0.25) is 0 Å². The molecular formula is C20H26N4O3. The molecular weight excluding hydrogens is 344 g/mol. The lowest BCUT2D eigenvalue weighted by atomic mass is 10.1. The fourth-order valence-corrected chi connectivity index (χ4v) is 3.69. The van der Waals surface area contributed by atoms with E-state index in [1.807, 2.05) is 23.0 Å². The number of nitrogens with zero attached hydrogens (tertiary/aromatic N) is 3. The minimum absolute atomic E-state index is 0.0929. The molecule has 144 valence electrons. The fraction of sp³-hybridized carbons (Fsp3) is 0.500. The van der Waals surface area contributed by atoms with Crippen molar-refractivity contribution in [1.29, 1.82) is 0 Å². The number of nitrogens with one attached hydrogen (secondary N) is 1. The van der Waals surface area contributed by atoms with Crippen molar-refractivity contribution in [3.8, 4) is 5.75 Å². The lowest BCUT2D eigenvalue weighted by Gasteiger charge is -2.22. The molecule has 1 aromatic heterocycles. The Balaban J connectivity index is 1.39. The number of amides is 1. The zero-order chi connectivity index (χ0) is 18.8. The Morgan fingerprint density at radius 3 is 2.78 bits per heavy atom. The Bertz CT molecular complexity index is 785. The highest BCUT2D eigenvalue weighted by Crippen LogP contribution is 2.31. The van der Waals surface area contributed by atoms with Crippen LogP contribution in [0.1, 0.15) is 30.9 Å². The molecule has 0 radical (unpaired) electrons. The van der Waals surface area contributed by atoms with E-state index < -0.39 is 0 Å². The van der Waals surface area contributed by atoms with E-state index in [0.717, 1.165) is 43.8 Å². The van der Waals surface area contributed by atoms with Gasteiger partial charge in [0.25, 0.3) is 0 Å². The summed E-state index contributed by atoms with van der Waals surface area (Å²) in [6.07, 6.45) is 6.42. The molecule has 7 nitrogen and oxygen atoms in total. The normalized spacial score (nSPS) is 22.7. The van der Waals surface area contributed by atoms with Gasteiger partial charge in [-0.15, -0.1) is 0 Å². The maximum Gasteiger partial charge on any atom is 0.227 e. The highest BCUT2D eigenvalue weighted by molar-refractivity contribution is 5.93. The average Bonchev–Trinajstić information content (AvgIpc) is 3.32. The Kier molecular flexibility index (Phi) is 5.13. The third-order valence-electron chi connectivity index (χ3n) is 5.45. The standard InChI is InChI=1S/C20H26N4O3/c1-27-19-6-2-14(3-7-19)10-23-12-17(8-18(23)13-25)24-11-16(9-21-24)22-20(26)15-4-5-15/h2-3,6-7,9,11,15,17-18,25H,4-5,8,10,12-13H2,1H3,(H,22,26)/t17-,18-/m0/s1. The second-order valence-electron chi connectivity index (χ2n) is 7.48. The lowest BCUT2D eigenvalue weighted by Crippen LogP contribution is -2.31. The summed E-state index contributed by atoms with van der Waals surface area (Å²) in [5.74, 6) is 1.11. The van der Waals surface area contributed by atoms with Crippen molar-refractivity contribution in [2.75, 3.05) is 25.6 Å². The van der Waals surface area contributed by atoms with E-state index >= 15 is 0 Å². The van der Waals surface area contributed by atoms with Gasteiger partial charge in [0.15, 0.2) is 0 Å². The smallest absolute Gasteiger partial charge is 0.227 e. The van der Waals surface area contributed by atoms with Crippen LogP contribution in [0.25, 0.3) is 0 Å². The van der Waals surface area contributed by atoms with Crippen LogP contribution < -0.4 is 10.1 Å². The molecule has 0 spiro atoms. The van der Waals surface area contributed by atoms with Gasteiger partial charge in [0.1, 0.15) is 5.75 Å². The number of rotatable bonds is 7. The molecule has 4 rings (SSSR count). The van der Waals surface area contributed by atoms with E-state index in [1.165, 1.54) is 5.56 Å². The number of likely N-dealkylation sites (tertiary alicyclic amines) is 1. The van der Waals surface area contributed by atoms with Gasteiger partial charge in [-0.25, -0.2) is 0 Å². The maximum atomic E-state index is 11.9. The van der Waals surface area contributed by atoms with Gasteiger partial charge in [-0.3, -0.25) is 14.4 Å². The molecule has 0 unspecified atom stereocenters. The molecule has 2 aromatic rings. The first-order valence-electron chi connectivity index (χ1n) is 9.49. The molecule has 0 bridgehead atoms. The number of aliphatic hydroxyl groups is 1. The molecule has 7 heteroatoms. The van der Waals surface area contributed by atoms with E-state index in [0.29, 0.717) is 0 Å². The van der Waals surface area contributed by atoms with Crippen molar-refractivity contribution in [1.82, 2.24) is 14.7 Å². The molecule has 2 fully saturated rings. The van der Waals surface area contributed by atoms with Crippen LogP contribution >= 0.6 is 0 Å². The van der Waals surface area contributed by atoms with Crippen LogP contribution in [-0.2, 0) is 11.3 Å². The van der Waals surface area contributed by atoms with Crippen molar-refractivity contribution in [2.24, 2.45) is 5.92 Å². The monoisotopic (exact) mass is 370 g/mol.